The van der Waals surface area contributed by atoms with E-state index in [4.69, 9.17) is 0 Å². The summed E-state index contributed by atoms with van der Waals surface area (Å²) in [5, 5.41) is 1.39. The molecule has 0 saturated carbocycles. The van der Waals surface area contributed by atoms with Crippen LogP contribution in [0.1, 0.15) is 45.2 Å². The van der Waals surface area contributed by atoms with E-state index in [1.54, 1.807) is 0 Å². The summed E-state index contributed by atoms with van der Waals surface area (Å²) in [5.41, 5.74) is 4.04. The first-order chi connectivity index (χ1) is 9.74. The average molecular weight is 274 g/mol. The molecule has 0 fully saturated rings. The number of nitrogens with one attached hydrogen (secondary N) is 1. The zero-order valence-corrected chi connectivity index (χ0v) is 13.8. The van der Waals surface area contributed by atoms with Gasteiger partial charge >= 0.3 is 0 Å². The van der Waals surface area contributed by atoms with Crippen molar-refractivity contribution >= 4 is 10.9 Å². The molecule has 0 aliphatic heterocycles. The highest BCUT2D eigenvalue weighted by molar-refractivity contribution is 5.83. The normalized spacial score (nSPS) is 10.7. The minimum atomic E-state index is 1.14. The maximum Gasteiger partial charge on any atom is 0.0456 e. The van der Waals surface area contributed by atoms with E-state index in [2.05, 4.69) is 55.1 Å². The molecule has 0 aliphatic carbocycles. The van der Waals surface area contributed by atoms with Crippen LogP contribution in [-0.4, -0.2) is 29.5 Å². The van der Waals surface area contributed by atoms with Crippen LogP contribution in [0.4, 0.5) is 0 Å². The first-order valence-corrected chi connectivity index (χ1v) is 8.03. The standard InChI is InChI=1S/C16H24N2.C2H6/c1-4-9-18(5-2)10-8-14-12-17-16-7-6-13(3)11-15(14)16;1-2/h6-7,11-12,17H,4-5,8-10H2,1-3H3;1-2H3. The van der Waals surface area contributed by atoms with Gasteiger partial charge in [-0.15, -0.1) is 0 Å². The van der Waals surface area contributed by atoms with E-state index in [-0.39, 0.29) is 0 Å². The molecular weight excluding hydrogens is 244 g/mol. The number of fused-ring (bicyclic) bond motifs is 1. The Kier molecular flexibility index (Phi) is 7.38. The Morgan fingerprint density at radius 3 is 2.50 bits per heavy atom. The van der Waals surface area contributed by atoms with Gasteiger partial charge in [-0.3, -0.25) is 0 Å². The van der Waals surface area contributed by atoms with Gasteiger partial charge in [0, 0.05) is 23.6 Å². The molecule has 112 valence electrons. The van der Waals surface area contributed by atoms with Crippen molar-refractivity contribution in [2.45, 2.75) is 47.5 Å². The summed E-state index contributed by atoms with van der Waals surface area (Å²) < 4.78 is 0. The molecule has 0 aliphatic rings. The molecule has 1 heterocycles. The monoisotopic (exact) mass is 274 g/mol. The molecule has 0 bridgehead atoms. The van der Waals surface area contributed by atoms with Crippen LogP contribution < -0.4 is 0 Å². The molecule has 2 heteroatoms. The SMILES string of the molecule is CC.CCCN(CC)CCc1c[nH]c2ccc(C)cc12. The Morgan fingerprint density at radius 2 is 1.85 bits per heavy atom. The number of rotatable bonds is 6. The number of aromatic nitrogens is 1. The Balaban J connectivity index is 0.000000956. The minimum absolute atomic E-state index is 1.14. The van der Waals surface area contributed by atoms with E-state index in [9.17, 15) is 0 Å². The van der Waals surface area contributed by atoms with Crippen LogP contribution in [0.3, 0.4) is 0 Å². The lowest BCUT2D eigenvalue weighted by Gasteiger charge is -2.19. The molecule has 0 unspecified atom stereocenters. The maximum absolute atomic E-state index is 3.37. The fourth-order valence-corrected chi connectivity index (χ4v) is 2.52. The highest BCUT2D eigenvalue weighted by Gasteiger charge is 2.06. The molecule has 20 heavy (non-hydrogen) atoms. The second-order valence-corrected chi connectivity index (χ2v) is 5.05. The molecular formula is C18H30N2. The van der Waals surface area contributed by atoms with Crippen molar-refractivity contribution in [3.63, 3.8) is 0 Å². The Labute approximate surface area is 124 Å². The summed E-state index contributed by atoms with van der Waals surface area (Å²) in [5.74, 6) is 0. The van der Waals surface area contributed by atoms with Gasteiger partial charge in [0.2, 0.25) is 0 Å². The number of aryl methyl sites for hydroxylation is 1. The van der Waals surface area contributed by atoms with Gasteiger partial charge in [0.05, 0.1) is 0 Å². The third-order valence-corrected chi connectivity index (χ3v) is 3.61. The summed E-state index contributed by atoms with van der Waals surface area (Å²) in [6.45, 7) is 14.2. The first-order valence-electron chi connectivity index (χ1n) is 8.03. The molecule has 2 nitrogen and oxygen atoms in total. The molecule has 2 rings (SSSR count). The number of aromatic amines is 1. The third-order valence-electron chi connectivity index (χ3n) is 3.61. The molecule has 0 amide bonds. The van der Waals surface area contributed by atoms with Crippen LogP contribution in [0, 0.1) is 6.92 Å². The summed E-state index contributed by atoms with van der Waals surface area (Å²) in [6, 6.07) is 6.63. The van der Waals surface area contributed by atoms with Crippen LogP contribution in [-0.2, 0) is 6.42 Å². The largest absolute Gasteiger partial charge is 0.361 e. The number of hydrogen-bond donors (Lipinski definition) is 1. The van der Waals surface area contributed by atoms with Crippen molar-refractivity contribution in [3.05, 3.63) is 35.5 Å². The first kappa shape index (κ1) is 16.8. The predicted octanol–water partition coefficient (Wildman–Crippen LogP) is 4.78. The summed E-state index contributed by atoms with van der Waals surface area (Å²) in [6.07, 6.45) is 4.54. The summed E-state index contributed by atoms with van der Waals surface area (Å²) in [4.78, 5) is 5.89. The van der Waals surface area contributed by atoms with Gasteiger partial charge in [-0.25, -0.2) is 0 Å². The van der Waals surface area contributed by atoms with E-state index in [1.165, 1.54) is 35.0 Å². The fraction of sp³-hybridized carbons (Fsp3) is 0.556. The number of hydrogen-bond acceptors (Lipinski definition) is 1. The van der Waals surface area contributed by atoms with Crippen LogP contribution in [0.5, 0.6) is 0 Å². The van der Waals surface area contributed by atoms with Gasteiger partial charge in [-0.1, -0.05) is 39.3 Å². The van der Waals surface area contributed by atoms with E-state index >= 15 is 0 Å². The molecule has 1 aromatic carbocycles. The van der Waals surface area contributed by atoms with Gasteiger partial charge in [0.15, 0.2) is 0 Å². The lowest BCUT2D eigenvalue weighted by molar-refractivity contribution is 0.293. The highest BCUT2D eigenvalue weighted by atomic mass is 15.1. The predicted molar refractivity (Wildman–Crippen MR) is 90.5 cm³/mol. The van der Waals surface area contributed by atoms with Crippen LogP contribution in [0.15, 0.2) is 24.4 Å². The number of H-pyrrole nitrogens is 1. The van der Waals surface area contributed by atoms with Gasteiger partial charge in [-0.05, 0) is 50.6 Å². The molecule has 1 N–H and O–H groups in total. The molecule has 1 aromatic heterocycles. The Morgan fingerprint density at radius 1 is 1.10 bits per heavy atom. The lowest BCUT2D eigenvalue weighted by atomic mass is 10.1. The quantitative estimate of drug-likeness (QED) is 0.803. The Hall–Kier alpha value is -1.28. The minimum Gasteiger partial charge on any atom is -0.361 e. The van der Waals surface area contributed by atoms with Crippen molar-refractivity contribution in [2.24, 2.45) is 0 Å². The van der Waals surface area contributed by atoms with Gasteiger partial charge < -0.3 is 9.88 Å². The molecule has 0 spiro atoms. The Bertz CT molecular complexity index is 499. The van der Waals surface area contributed by atoms with E-state index < -0.39 is 0 Å². The van der Waals surface area contributed by atoms with Crippen molar-refractivity contribution < 1.29 is 0 Å². The van der Waals surface area contributed by atoms with Crippen LogP contribution in [0.25, 0.3) is 10.9 Å². The van der Waals surface area contributed by atoms with Crippen molar-refractivity contribution in [1.29, 1.82) is 0 Å². The van der Waals surface area contributed by atoms with Crippen molar-refractivity contribution in [3.8, 4) is 0 Å². The highest BCUT2D eigenvalue weighted by Crippen LogP contribution is 2.20. The molecule has 0 atom stereocenters. The second kappa shape index (κ2) is 8.80. The topological polar surface area (TPSA) is 19.0 Å². The molecule has 0 saturated heterocycles. The third kappa shape index (κ3) is 4.38. The van der Waals surface area contributed by atoms with Crippen molar-refractivity contribution in [1.82, 2.24) is 9.88 Å². The van der Waals surface area contributed by atoms with Crippen LogP contribution in [0.2, 0.25) is 0 Å². The van der Waals surface area contributed by atoms with E-state index in [0.29, 0.717) is 0 Å². The van der Waals surface area contributed by atoms with Gasteiger partial charge in [0.1, 0.15) is 0 Å². The lowest BCUT2D eigenvalue weighted by Crippen LogP contribution is -2.26. The fourth-order valence-electron chi connectivity index (χ4n) is 2.52. The van der Waals surface area contributed by atoms with Crippen LogP contribution >= 0.6 is 0 Å². The van der Waals surface area contributed by atoms with E-state index in [1.807, 2.05) is 13.8 Å². The second-order valence-electron chi connectivity index (χ2n) is 5.05. The van der Waals surface area contributed by atoms with Crippen molar-refractivity contribution in [2.75, 3.05) is 19.6 Å². The number of likely N-dealkylation sites (N-methyl/N-ethyl adjacent to an activating group) is 1. The summed E-state index contributed by atoms with van der Waals surface area (Å²) >= 11 is 0. The van der Waals surface area contributed by atoms with Gasteiger partial charge in [-0.2, -0.15) is 0 Å². The number of benzene rings is 1. The maximum atomic E-state index is 3.37. The molecule has 0 radical (unpaired) electrons. The average Bonchev–Trinajstić information content (AvgIpc) is 2.88. The number of nitrogens with zero attached hydrogens (tertiary/aromatic N) is 1. The van der Waals surface area contributed by atoms with Gasteiger partial charge in [0.25, 0.3) is 0 Å². The summed E-state index contributed by atoms with van der Waals surface area (Å²) in [7, 11) is 0. The zero-order chi connectivity index (χ0) is 15.0. The van der Waals surface area contributed by atoms with E-state index in [0.717, 1.165) is 19.5 Å². The molecule has 2 aromatic rings. The smallest absolute Gasteiger partial charge is 0.0456 e. The zero-order valence-electron chi connectivity index (χ0n) is 13.8.